The Labute approximate surface area is 115 Å². The highest BCUT2D eigenvalue weighted by molar-refractivity contribution is 5.76. The third kappa shape index (κ3) is 5.01. The van der Waals surface area contributed by atoms with Crippen molar-refractivity contribution in [3.8, 4) is 0 Å². The van der Waals surface area contributed by atoms with Crippen molar-refractivity contribution in [2.24, 2.45) is 0 Å². The molecule has 4 heteroatoms. The minimum atomic E-state index is -0.222. The van der Waals surface area contributed by atoms with Gasteiger partial charge in [-0.05, 0) is 5.56 Å². The highest BCUT2D eigenvalue weighted by Gasteiger charge is 2.30. The van der Waals surface area contributed by atoms with Crippen LogP contribution in [0, 0.1) is 0 Å². The van der Waals surface area contributed by atoms with Gasteiger partial charge in [0.25, 0.3) is 0 Å². The Morgan fingerprint density at radius 2 is 2.00 bits per heavy atom. The van der Waals surface area contributed by atoms with Crippen LogP contribution < -0.4 is 5.32 Å². The van der Waals surface area contributed by atoms with Gasteiger partial charge >= 0.3 is 5.97 Å². The Hall–Kier alpha value is -1.39. The normalized spacial score (nSPS) is 21.4. The Balaban J connectivity index is 0.000000861. The highest BCUT2D eigenvalue weighted by Crippen LogP contribution is 2.13. The molecule has 19 heavy (non-hydrogen) atoms. The average Bonchev–Trinajstić information content (AvgIpc) is 2.96. The van der Waals surface area contributed by atoms with Crippen LogP contribution in [0.2, 0.25) is 0 Å². The number of hydrogen-bond donors (Lipinski definition) is 1. The lowest BCUT2D eigenvalue weighted by molar-refractivity contribution is -0.142. The summed E-state index contributed by atoms with van der Waals surface area (Å²) < 4.78 is 10.4. The van der Waals surface area contributed by atoms with E-state index in [1.54, 1.807) is 0 Å². The van der Waals surface area contributed by atoms with Gasteiger partial charge in [-0.3, -0.25) is 4.79 Å². The summed E-state index contributed by atoms with van der Waals surface area (Å²) in [6.45, 7) is 5.29. The van der Waals surface area contributed by atoms with Gasteiger partial charge in [-0.2, -0.15) is 0 Å². The topological polar surface area (TPSA) is 47.6 Å². The van der Waals surface area contributed by atoms with E-state index in [2.05, 4.69) is 10.1 Å². The van der Waals surface area contributed by atoms with Gasteiger partial charge in [-0.15, -0.1) is 0 Å². The molecule has 0 aliphatic carbocycles. The van der Waals surface area contributed by atoms with E-state index in [1.807, 2.05) is 44.2 Å². The van der Waals surface area contributed by atoms with Gasteiger partial charge in [-0.1, -0.05) is 44.2 Å². The zero-order valence-corrected chi connectivity index (χ0v) is 11.9. The Morgan fingerprint density at radius 3 is 2.63 bits per heavy atom. The lowest BCUT2D eigenvalue weighted by Gasteiger charge is -2.10. The first-order valence-corrected chi connectivity index (χ1v) is 6.76. The highest BCUT2D eigenvalue weighted by atomic mass is 16.5. The first kappa shape index (κ1) is 15.7. The van der Waals surface area contributed by atoms with Crippen molar-refractivity contribution in [2.45, 2.75) is 39.0 Å². The van der Waals surface area contributed by atoms with Gasteiger partial charge in [0.2, 0.25) is 0 Å². The molecule has 1 saturated heterocycles. The van der Waals surface area contributed by atoms with Crippen LogP contribution >= 0.6 is 0 Å². The van der Waals surface area contributed by atoms with Crippen molar-refractivity contribution in [3.63, 3.8) is 0 Å². The SMILES string of the molecule is CC.COC(=O)C1CC(OCc2ccccc2)CN1. The van der Waals surface area contributed by atoms with Gasteiger partial charge in [0.1, 0.15) is 6.04 Å². The Morgan fingerprint density at radius 1 is 1.32 bits per heavy atom. The summed E-state index contributed by atoms with van der Waals surface area (Å²) >= 11 is 0. The summed E-state index contributed by atoms with van der Waals surface area (Å²) in [4.78, 5) is 11.3. The van der Waals surface area contributed by atoms with Crippen LogP contribution in [-0.2, 0) is 20.9 Å². The summed E-state index contributed by atoms with van der Waals surface area (Å²) in [6.07, 6.45) is 0.763. The molecular weight excluding hydrogens is 242 g/mol. The van der Waals surface area contributed by atoms with Crippen molar-refractivity contribution >= 4 is 5.97 Å². The standard InChI is InChI=1S/C13H17NO3.C2H6/c1-16-13(15)12-7-11(8-14-12)17-9-10-5-3-2-4-6-10;1-2/h2-6,11-12,14H,7-9H2,1H3;1-2H3. The molecule has 2 rings (SSSR count). The molecule has 0 aromatic heterocycles. The fraction of sp³-hybridized carbons (Fsp3) is 0.533. The Bertz CT molecular complexity index is 367. The van der Waals surface area contributed by atoms with E-state index < -0.39 is 0 Å². The summed E-state index contributed by atoms with van der Waals surface area (Å²) in [7, 11) is 1.40. The summed E-state index contributed by atoms with van der Waals surface area (Å²) in [5.74, 6) is -0.212. The maximum Gasteiger partial charge on any atom is 0.322 e. The molecule has 1 heterocycles. The first-order valence-electron chi connectivity index (χ1n) is 6.76. The smallest absolute Gasteiger partial charge is 0.322 e. The largest absolute Gasteiger partial charge is 0.468 e. The van der Waals surface area contributed by atoms with Crippen LogP contribution in [0.3, 0.4) is 0 Å². The predicted molar refractivity (Wildman–Crippen MR) is 74.8 cm³/mol. The van der Waals surface area contributed by atoms with Gasteiger partial charge in [0.15, 0.2) is 0 Å². The van der Waals surface area contributed by atoms with E-state index >= 15 is 0 Å². The molecule has 1 fully saturated rings. The summed E-state index contributed by atoms with van der Waals surface area (Å²) in [6, 6.07) is 9.79. The second kappa shape index (κ2) is 8.67. The van der Waals surface area contributed by atoms with Crippen molar-refractivity contribution in [1.82, 2.24) is 5.32 Å². The maximum atomic E-state index is 11.3. The molecule has 1 N–H and O–H groups in total. The van der Waals surface area contributed by atoms with Gasteiger partial charge in [0, 0.05) is 13.0 Å². The lowest BCUT2D eigenvalue weighted by Crippen LogP contribution is -2.31. The number of ether oxygens (including phenoxy) is 2. The van der Waals surface area contributed by atoms with Gasteiger partial charge < -0.3 is 14.8 Å². The second-order valence-electron chi connectivity index (χ2n) is 4.14. The molecule has 1 aliphatic heterocycles. The number of nitrogens with one attached hydrogen (secondary N) is 1. The third-order valence-corrected chi connectivity index (χ3v) is 2.90. The van der Waals surface area contributed by atoms with Gasteiger partial charge in [0.05, 0.1) is 19.8 Å². The number of hydrogen-bond acceptors (Lipinski definition) is 4. The monoisotopic (exact) mass is 265 g/mol. The molecule has 4 nitrogen and oxygen atoms in total. The van der Waals surface area contributed by atoms with E-state index in [0.29, 0.717) is 19.6 Å². The molecule has 106 valence electrons. The van der Waals surface area contributed by atoms with Crippen LogP contribution in [0.5, 0.6) is 0 Å². The lowest BCUT2D eigenvalue weighted by atomic mass is 10.2. The van der Waals surface area contributed by atoms with E-state index in [-0.39, 0.29) is 18.1 Å². The molecule has 1 aromatic rings. The minimum absolute atomic E-state index is 0.0827. The fourth-order valence-corrected chi connectivity index (χ4v) is 1.94. The van der Waals surface area contributed by atoms with Crippen LogP contribution in [0.25, 0.3) is 0 Å². The van der Waals surface area contributed by atoms with E-state index in [0.717, 1.165) is 5.56 Å². The molecule has 0 spiro atoms. The minimum Gasteiger partial charge on any atom is -0.468 e. The van der Waals surface area contributed by atoms with Crippen LogP contribution in [0.15, 0.2) is 30.3 Å². The second-order valence-corrected chi connectivity index (χ2v) is 4.14. The molecule has 1 aliphatic rings. The predicted octanol–water partition coefficient (Wildman–Crippen LogP) is 2.13. The van der Waals surface area contributed by atoms with E-state index in [1.165, 1.54) is 7.11 Å². The van der Waals surface area contributed by atoms with E-state index in [9.17, 15) is 4.79 Å². The number of rotatable bonds is 4. The number of methoxy groups -OCH3 is 1. The molecule has 0 bridgehead atoms. The van der Waals surface area contributed by atoms with Crippen molar-refractivity contribution in [3.05, 3.63) is 35.9 Å². The number of esters is 1. The number of benzene rings is 1. The molecule has 2 atom stereocenters. The molecule has 2 unspecified atom stereocenters. The fourth-order valence-electron chi connectivity index (χ4n) is 1.94. The molecule has 0 saturated carbocycles. The Kier molecular flexibility index (Phi) is 7.15. The van der Waals surface area contributed by atoms with Gasteiger partial charge in [-0.25, -0.2) is 0 Å². The molecule has 0 amide bonds. The number of carbonyl (C=O) groups is 1. The zero-order chi connectivity index (χ0) is 14.1. The average molecular weight is 265 g/mol. The van der Waals surface area contributed by atoms with E-state index in [4.69, 9.17) is 4.74 Å². The molecule has 0 radical (unpaired) electrons. The van der Waals surface area contributed by atoms with Crippen LogP contribution in [-0.4, -0.2) is 31.8 Å². The van der Waals surface area contributed by atoms with Crippen molar-refractivity contribution in [2.75, 3.05) is 13.7 Å². The van der Waals surface area contributed by atoms with Crippen LogP contribution in [0.4, 0.5) is 0 Å². The quantitative estimate of drug-likeness (QED) is 0.847. The number of carbonyl (C=O) groups excluding carboxylic acids is 1. The molecule has 1 aromatic carbocycles. The third-order valence-electron chi connectivity index (χ3n) is 2.90. The summed E-state index contributed by atoms with van der Waals surface area (Å²) in [5, 5.41) is 3.09. The maximum absolute atomic E-state index is 11.3. The van der Waals surface area contributed by atoms with Crippen molar-refractivity contribution in [1.29, 1.82) is 0 Å². The summed E-state index contributed by atoms with van der Waals surface area (Å²) in [5.41, 5.74) is 1.15. The first-order chi connectivity index (χ1) is 9.29. The van der Waals surface area contributed by atoms with Crippen molar-refractivity contribution < 1.29 is 14.3 Å². The zero-order valence-electron chi connectivity index (χ0n) is 11.9. The van der Waals surface area contributed by atoms with Crippen LogP contribution in [0.1, 0.15) is 25.8 Å². The molecular formula is C15H23NO3.